The summed E-state index contributed by atoms with van der Waals surface area (Å²) in [5.74, 6) is -7.78. The Kier molecular flexibility index (Phi) is 5.31. The molecule has 0 saturated heterocycles. The molecule has 11 heteroatoms. The number of carbonyl (C=O) groups excluding carboxylic acids is 1. The lowest BCUT2D eigenvalue weighted by molar-refractivity contribution is -0.0587. The Bertz CT molecular complexity index is 949. The third-order valence-corrected chi connectivity index (χ3v) is 7.51. The van der Waals surface area contributed by atoms with E-state index in [-0.39, 0.29) is 12.8 Å². The number of aromatic carboxylic acids is 1. The van der Waals surface area contributed by atoms with Crippen LogP contribution in [0.4, 0.5) is 13.2 Å². The molecule has 2 aliphatic carbocycles. The zero-order valence-electron chi connectivity index (χ0n) is 15.5. The van der Waals surface area contributed by atoms with Crippen LogP contribution in [0.15, 0.2) is 12.1 Å². The lowest BCUT2D eigenvalue weighted by Crippen LogP contribution is -2.39. The van der Waals surface area contributed by atoms with Crippen LogP contribution in [0, 0.1) is 5.82 Å². The third kappa shape index (κ3) is 4.34. The summed E-state index contributed by atoms with van der Waals surface area (Å²) in [6.45, 7) is 1.45. The number of halogens is 3. The van der Waals surface area contributed by atoms with Crippen molar-refractivity contribution in [3.05, 3.63) is 29.1 Å². The highest BCUT2D eigenvalue weighted by molar-refractivity contribution is 7.91. The molecule has 1 amide bonds. The van der Waals surface area contributed by atoms with E-state index in [4.69, 9.17) is 9.84 Å². The minimum absolute atomic E-state index is 0.124. The van der Waals surface area contributed by atoms with E-state index in [1.165, 1.54) is 6.92 Å². The predicted octanol–water partition coefficient (Wildman–Crippen LogP) is 3.09. The van der Waals surface area contributed by atoms with Crippen LogP contribution >= 0.6 is 0 Å². The van der Waals surface area contributed by atoms with Crippen molar-refractivity contribution in [2.45, 2.75) is 62.2 Å². The smallest absolute Gasteiger partial charge is 0.338 e. The molecule has 0 bridgehead atoms. The van der Waals surface area contributed by atoms with Crippen LogP contribution in [0.5, 0.6) is 5.75 Å². The van der Waals surface area contributed by atoms with Gasteiger partial charge >= 0.3 is 5.97 Å². The maximum Gasteiger partial charge on any atom is 0.338 e. The highest BCUT2D eigenvalue weighted by Crippen LogP contribution is 2.42. The minimum atomic E-state index is -4.03. The van der Waals surface area contributed by atoms with Gasteiger partial charge < -0.3 is 9.84 Å². The summed E-state index contributed by atoms with van der Waals surface area (Å²) >= 11 is 0. The van der Waals surface area contributed by atoms with E-state index < -0.39 is 74.2 Å². The second-order valence-corrected chi connectivity index (χ2v) is 9.86. The van der Waals surface area contributed by atoms with E-state index in [0.29, 0.717) is 12.8 Å². The van der Waals surface area contributed by atoms with Crippen LogP contribution in [0.25, 0.3) is 0 Å². The van der Waals surface area contributed by atoms with Crippen molar-refractivity contribution in [3.8, 4) is 5.75 Å². The van der Waals surface area contributed by atoms with Gasteiger partial charge in [0.25, 0.3) is 5.91 Å². The Morgan fingerprint density at radius 2 is 1.69 bits per heavy atom. The van der Waals surface area contributed by atoms with Gasteiger partial charge in [0, 0.05) is 12.8 Å². The maximum absolute atomic E-state index is 14.7. The van der Waals surface area contributed by atoms with E-state index >= 15 is 0 Å². The quantitative estimate of drug-likeness (QED) is 0.711. The van der Waals surface area contributed by atoms with Crippen molar-refractivity contribution < 1.29 is 41.0 Å². The fraction of sp³-hybridized carbons (Fsp3) is 0.556. The van der Waals surface area contributed by atoms with Crippen molar-refractivity contribution in [1.29, 1.82) is 0 Å². The molecule has 1 aromatic carbocycles. The molecular weight excluding hydrogens is 415 g/mol. The van der Waals surface area contributed by atoms with Gasteiger partial charge in [0.05, 0.1) is 22.0 Å². The molecule has 0 unspecified atom stereocenters. The fourth-order valence-electron chi connectivity index (χ4n) is 3.06. The van der Waals surface area contributed by atoms with Gasteiger partial charge in [-0.25, -0.2) is 31.1 Å². The SMILES string of the molecule is CC1(S(=O)(=O)NC(=O)c2ccc(C(=O)O)c(F)c2OC2CCC(F)(F)CC2)CC1. The van der Waals surface area contributed by atoms with E-state index in [2.05, 4.69) is 0 Å². The number of hydrogen-bond acceptors (Lipinski definition) is 5. The molecule has 7 nitrogen and oxygen atoms in total. The van der Waals surface area contributed by atoms with Crippen molar-refractivity contribution in [3.63, 3.8) is 0 Å². The van der Waals surface area contributed by atoms with Crippen LogP contribution in [-0.4, -0.2) is 42.2 Å². The molecule has 0 radical (unpaired) electrons. The minimum Gasteiger partial charge on any atom is -0.486 e. The molecule has 1 aromatic rings. The summed E-state index contributed by atoms with van der Waals surface area (Å²) in [6, 6.07) is 1.76. The Balaban J connectivity index is 1.91. The highest BCUT2D eigenvalue weighted by atomic mass is 32.2. The largest absolute Gasteiger partial charge is 0.486 e. The summed E-state index contributed by atoms with van der Waals surface area (Å²) in [4.78, 5) is 23.7. The predicted molar refractivity (Wildman–Crippen MR) is 95.2 cm³/mol. The first-order chi connectivity index (χ1) is 13.4. The van der Waals surface area contributed by atoms with E-state index in [1.54, 1.807) is 0 Å². The molecule has 0 aromatic heterocycles. The number of carbonyl (C=O) groups is 2. The van der Waals surface area contributed by atoms with Crippen molar-refractivity contribution >= 4 is 21.9 Å². The highest BCUT2D eigenvalue weighted by Gasteiger charge is 2.51. The van der Waals surface area contributed by atoms with E-state index in [1.807, 2.05) is 4.72 Å². The first-order valence-corrected chi connectivity index (χ1v) is 10.5. The molecule has 2 aliphatic rings. The van der Waals surface area contributed by atoms with Crippen LogP contribution in [0.2, 0.25) is 0 Å². The average Bonchev–Trinajstić information content (AvgIpc) is 3.37. The topological polar surface area (TPSA) is 110 Å². The number of sulfonamides is 1. The Morgan fingerprint density at radius 1 is 1.14 bits per heavy atom. The number of rotatable bonds is 6. The number of hydrogen-bond donors (Lipinski definition) is 2. The van der Waals surface area contributed by atoms with E-state index in [0.717, 1.165) is 12.1 Å². The van der Waals surface area contributed by atoms with Crippen LogP contribution < -0.4 is 9.46 Å². The molecule has 2 fully saturated rings. The first kappa shape index (κ1) is 21.4. The van der Waals surface area contributed by atoms with Crippen molar-refractivity contribution in [1.82, 2.24) is 4.72 Å². The summed E-state index contributed by atoms with van der Waals surface area (Å²) in [6.07, 6.45) is -1.37. The number of ether oxygens (including phenoxy) is 1. The number of benzene rings is 1. The molecule has 29 heavy (non-hydrogen) atoms. The molecular formula is C18H20F3NO6S. The van der Waals surface area contributed by atoms with Crippen LogP contribution in [0.1, 0.15) is 66.2 Å². The lowest BCUT2D eigenvalue weighted by atomic mass is 9.94. The number of nitrogens with one attached hydrogen (secondary N) is 1. The second-order valence-electron chi connectivity index (χ2n) is 7.67. The number of amides is 1. The number of carboxylic acids is 1. The molecule has 0 heterocycles. The standard InChI is InChI=1S/C18H20F3NO6S/c1-17(8-9-17)29(26,27)22-15(23)12-3-2-11(16(24)25)13(19)14(12)28-10-4-6-18(20,21)7-5-10/h2-3,10H,4-9H2,1H3,(H,22,23)(H,24,25). The summed E-state index contributed by atoms with van der Waals surface area (Å²) in [7, 11) is -4.03. The number of carboxylic acid groups (broad SMARTS) is 1. The molecule has 2 N–H and O–H groups in total. The zero-order valence-corrected chi connectivity index (χ0v) is 16.3. The monoisotopic (exact) mass is 435 g/mol. The molecule has 3 rings (SSSR count). The van der Waals surface area contributed by atoms with Gasteiger partial charge in [0.15, 0.2) is 11.6 Å². The fourth-order valence-corrected chi connectivity index (χ4v) is 4.30. The molecule has 0 aliphatic heterocycles. The van der Waals surface area contributed by atoms with Crippen LogP contribution in [-0.2, 0) is 10.0 Å². The first-order valence-electron chi connectivity index (χ1n) is 9.02. The third-order valence-electron chi connectivity index (χ3n) is 5.35. The van der Waals surface area contributed by atoms with E-state index in [9.17, 15) is 31.2 Å². The van der Waals surface area contributed by atoms with Gasteiger partial charge in [0.1, 0.15) is 0 Å². The van der Waals surface area contributed by atoms with Gasteiger partial charge in [-0.1, -0.05) is 0 Å². The normalized spacial score (nSPS) is 20.7. The molecule has 0 spiro atoms. The zero-order chi connectivity index (χ0) is 21.6. The Labute approximate surface area is 165 Å². The van der Waals surface area contributed by atoms with Crippen molar-refractivity contribution in [2.24, 2.45) is 0 Å². The molecule has 160 valence electrons. The summed E-state index contributed by atoms with van der Waals surface area (Å²) in [5.41, 5.74) is -1.30. The van der Waals surface area contributed by atoms with Gasteiger partial charge in [-0.2, -0.15) is 0 Å². The second kappa shape index (κ2) is 7.19. The Morgan fingerprint density at radius 3 is 2.21 bits per heavy atom. The van der Waals surface area contributed by atoms with Gasteiger partial charge in [-0.05, 0) is 44.7 Å². The van der Waals surface area contributed by atoms with Gasteiger partial charge in [0.2, 0.25) is 15.9 Å². The maximum atomic E-state index is 14.7. The van der Waals surface area contributed by atoms with Crippen LogP contribution in [0.3, 0.4) is 0 Å². The Hall–Kier alpha value is -2.30. The number of alkyl halides is 2. The van der Waals surface area contributed by atoms with Gasteiger partial charge in [-0.3, -0.25) is 4.79 Å². The summed E-state index contributed by atoms with van der Waals surface area (Å²) < 4.78 is 72.2. The van der Waals surface area contributed by atoms with Crippen molar-refractivity contribution in [2.75, 3.05) is 0 Å². The van der Waals surface area contributed by atoms with Gasteiger partial charge in [-0.15, -0.1) is 0 Å². The average molecular weight is 435 g/mol. The molecule has 2 saturated carbocycles. The molecule has 0 atom stereocenters. The summed E-state index contributed by atoms with van der Waals surface area (Å²) in [5, 5.41) is 9.10. The lowest BCUT2D eigenvalue weighted by Gasteiger charge is -2.29.